The summed E-state index contributed by atoms with van der Waals surface area (Å²) >= 11 is 0. The summed E-state index contributed by atoms with van der Waals surface area (Å²) in [4.78, 5) is 15.3. The summed E-state index contributed by atoms with van der Waals surface area (Å²) in [5, 5.41) is 0. The van der Waals surface area contributed by atoms with Crippen molar-refractivity contribution in [2.24, 2.45) is 5.92 Å². The van der Waals surface area contributed by atoms with Crippen LogP contribution in [-0.2, 0) is 4.79 Å². The van der Waals surface area contributed by atoms with Gasteiger partial charge in [0.1, 0.15) is 0 Å². The molecule has 0 aromatic heterocycles. The van der Waals surface area contributed by atoms with Gasteiger partial charge in [0.15, 0.2) is 0 Å². The number of alkyl halides is 3. The van der Waals surface area contributed by atoms with Crippen molar-refractivity contribution in [2.45, 2.75) is 51.1 Å². The van der Waals surface area contributed by atoms with Crippen molar-refractivity contribution in [2.75, 3.05) is 32.7 Å². The average Bonchev–Trinajstić information content (AvgIpc) is 2.81. The molecule has 1 saturated carbocycles. The van der Waals surface area contributed by atoms with Crippen LogP contribution in [-0.4, -0.2) is 54.6 Å². The van der Waals surface area contributed by atoms with E-state index in [4.69, 9.17) is 0 Å². The molecule has 1 aliphatic heterocycles. The Bertz CT molecular complexity index is 340. The van der Waals surface area contributed by atoms with Gasteiger partial charge in [0.2, 0.25) is 5.91 Å². The van der Waals surface area contributed by atoms with Gasteiger partial charge in [0.25, 0.3) is 0 Å². The van der Waals surface area contributed by atoms with Crippen molar-refractivity contribution < 1.29 is 18.0 Å². The van der Waals surface area contributed by atoms with Crippen molar-refractivity contribution in [3.05, 3.63) is 0 Å². The summed E-state index contributed by atoms with van der Waals surface area (Å²) in [6.45, 7) is 0.912. The van der Waals surface area contributed by atoms with E-state index in [-0.39, 0.29) is 5.91 Å². The van der Waals surface area contributed by atoms with Crippen LogP contribution < -0.4 is 0 Å². The highest BCUT2D eigenvalue weighted by atomic mass is 19.4. The fraction of sp³-hybridized carbons (Fsp3) is 0.933. The molecule has 1 amide bonds. The number of carbonyl (C=O) groups is 1. The normalized spacial score (nSPS) is 22.5. The lowest BCUT2D eigenvalue weighted by Crippen LogP contribution is -2.38. The van der Waals surface area contributed by atoms with E-state index in [1.807, 2.05) is 0 Å². The van der Waals surface area contributed by atoms with Crippen molar-refractivity contribution in [3.63, 3.8) is 0 Å². The minimum atomic E-state index is -4.15. The Labute approximate surface area is 124 Å². The Morgan fingerprint density at radius 2 is 1.71 bits per heavy atom. The maximum atomic E-state index is 12.4. The zero-order valence-electron chi connectivity index (χ0n) is 12.5. The highest BCUT2D eigenvalue weighted by Crippen LogP contribution is 2.28. The third-order valence-electron chi connectivity index (χ3n) is 4.59. The zero-order chi connectivity index (χ0) is 15.3. The van der Waals surface area contributed by atoms with Crippen LogP contribution in [0.15, 0.2) is 0 Å². The van der Waals surface area contributed by atoms with Gasteiger partial charge in [-0.2, -0.15) is 13.2 Å². The van der Waals surface area contributed by atoms with Gasteiger partial charge in [-0.3, -0.25) is 9.69 Å². The van der Waals surface area contributed by atoms with Gasteiger partial charge in [-0.05, 0) is 18.8 Å². The number of amides is 1. The molecule has 0 N–H and O–H groups in total. The molecule has 1 saturated heterocycles. The van der Waals surface area contributed by atoms with E-state index in [0.29, 0.717) is 44.9 Å². The Morgan fingerprint density at radius 3 is 2.38 bits per heavy atom. The molecule has 21 heavy (non-hydrogen) atoms. The van der Waals surface area contributed by atoms with Gasteiger partial charge in [0, 0.05) is 32.6 Å². The second-order valence-corrected chi connectivity index (χ2v) is 6.31. The van der Waals surface area contributed by atoms with Gasteiger partial charge in [-0.25, -0.2) is 0 Å². The predicted octanol–water partition coefficient (Wildman–Crippen LogP) is 3.05. The molecule has 2 aliphatic rings. The Hall–Kier alpha value is -0.780. The second kappa shape index (κ2) is 7.47. The van der Waals surface area contributed by atoms with Crippen LogP contribution in [0.4, 0.5) is 13.2 Å². The molecular formula is C15H25F3N2O. The van der Waals surface area contributed by atoms with E-state index in [1.165, 1.54) is 30.6 Å². The van der Waals surface area contributed by atoms with Crippen LogP contribution >= 0.6 is 0 Å². The fourth-order valence-corrected chi connectivity index (χ4v) is 3.42. The van der Waals surface area contributed by atoms with Crippen LogP contribution in [0.3, 0.4) is 0 Å². The van der Waals surface area contributed by atoms with Gasteiger partial charge in [0.05, 0.1) is 6.54 Å². The van der Waals surface area contributed by atoms with E-state index in [2.05, 4.69) is 0 Å². The van der Waals surface area contributed by atoms with Crippen LogP contribution in [0.2, 0.25) is 0 Å². The average molecular weight is 306 g/mol. The lowest BCUT2D eigenvalue weighted by molar-refractivity contribution is -0.145. The predicted molar refractivity (Wildman–Crippen MR) is 74.9 cm³/mol. The largest absolute Gasteiger partial charge is 0.401 e. The number of hydrogen-bond donors (Lipinski definition) is 0. The summed E-state index contributed by atoms with van der Waals surface area (Å²) in [5.74, 6) is 0.804. The van der Waals surface area contributed by atoms with Crippen LogP contribution in [0.5, 0.6) is 0 Å². The number of carbonyl (C=O) groups excluding carboxylic acids is 1. The maximum Gasteiger partial charge on any atom is 0.401 e. The van der Waals surface area contributed by atoms with Crippen LogP contribution in [0, 0.1) is 5.92 Å². The molecule has 0 unspecified atom stereocenters. The molecular weight excluding hydrogens is 281 g/mol. The SMILES string of the molecule is O=C(CCC1CCCC1)N1CCCN(CC(F)(F)F)CC1. The quantitative estimate of drug-likeness (QED) is 0.797. The van der Waals surface area contributed by atoms with Crippen LogP contribution in [0.25, 0.3) is 0 Å². The van der Waals surface area contributed by atoms with Gasteiger partial charge in [-0.15, -0.1) is 0 Å². The monoisotopic (exact) mass is 306 g/mol. The molecule has 2 fully saturated rings. The molecule has 3 nitrogen and oxygen atoms in total. The lowest BCUT2D eigenvalue weighted by atomic mass is 10.0. The smallest absolute Gasteiger partial charge is 0.341 e. The Balaban J connectivity index is 1.72. The summed E-state index contributed by atoms with van der Waals surface area (Å²) < 4.78 is 37.2. The number of nitrogens with zero attached hydrogens (tertiary/aromatic N) is 2. The molecule has 122 valence electrons. The van der Waals surface area contributed by atoms with Crippen molar-refractivity contribution in [1.29, 1.82) is 0 Å². The molecule has 0 bridgehead atoms. The lowest BCUT2D eigenvalue weighted by Gasteiger charge is -2.23. The fourth-order valence-electron chi connectivity index (χ4n) is 3.42. The minimum absolute atomic E-state index is 0.121. The third-order valence-corrected chi connectivity index (χ3v) is 4.59. The van der Waals surface area contributed by atoms with E-state index in [1.54, 1.807) is 4.90 Å². The van der Waals surface area contributed by atoms with E-state index >= 15 is 0 Å². The van der Waals surface area contributed by atoms with Gasteiger partial charge >= 0.3 is 6.18 Å². The second-order valence-electron chi connectivity index (χ2n) is 6.31. The molecule has 0 spiro atoms. The number of hydrogen-bond acceptors (Lipinski definition) is 2. The molecule has 2 rings (SSSR count). The Kier molecular flexibility index (Phi) is 5.90. The maximum absolute atomic E-state index is 12.4. The third kappa shape index (κ3) is 5.85. The van der Waals surface area contributed by atoms with Crippen molar-refractivity contribution >= 4 is 5.91 Å². The summed E-state index contributed by atoms with van der Waals surface area (Å²) in [5.41, 5.74) is 0. The first-order valence-electron chi connectivity index (χ1n) is 8.01. The molecule has 0 aromatic rings. The molecule has 0 aromatic carbocycles. The Morgan fingerprint density at radius 1 is 1.00 bits per heavy atom. The van der Waals surface area contributed by atoms with Crippen molar-refractivity contribution in [1.82, 2.24) is 9.80 Å². The minimum Gasteiger partial charge on any atom is -0.341 e. The van der Waals surface area contributed by atoms with E-state index < -0.39 is 12.7 Å². The first-order chi connectivity index (χ1) is 9.94. The summed E-state index contributed by atoms with van der Waals surface area (Å²) in [6.07, 6.45) is 2.99. The summed E-state index contributed by atoms with van der Waals surface area (Å²) in [6, 6.07) is 0. The molecule has 0 radical (unpaired) electrons. The van der Waals surface area contributed by atoms with Gasteiger partial charge in [-0.1, -0.05) is 25.7 Å². The summed E-state index contributed by atoms with van der Waals surface area (Å²) in [7, 11) is 0. The van der Waals surface area contributed by atoms with Crippen LogP contribution in [0.1, 0.15) is 44.9 Å². The van der Waals surface area contributed by atoms with Crippen molar-refractivity contribution in [3.8, 4) is 0 Å². The molecule has 1 heterocycles. The first-order valence-corrected chi connectivity index (χ1v) is 8.01. The zero-order valence-corrected chi connectivity index (χ0v) is 12.5. The topological polar surface area (TPSA) is 23.6 Å². The molecule has 1 aliphatic carbocycles. The molecule has 6 heteroatoms. The highest BCUT2D eigenvalue weighted by Gasteiger charge is 2.31. The number of halogens is 3. The van der Waals surface area contributed by atoms with E-state index in [9.17, 15) is 18.0 Å². The van der Waals surface area contributed by atoms with E-state index in [0.717, 1.165) is 6.42 Å². The van der Waals surface area contributed by atoms with Gasteiger partial charge < -0.3 is 4.90 Å². The highest BCUT2D eigenvalue weighted by molar-refractivity contribution is 5.76. The first kappa shape index (κ1) is 16.6. The standard InChI is InChI=1S/C15H25F3N2O/c16-15(17,18)12-19-8-3-9-20(11-10-19)14(21)7-6-13-4-1-2-5-13/h13H,1-12H2. The number of rotatable bonds is 4. The molecule has 0 atom stereocenters.